The Balaban J connectivity index is 0.00000264. The van der Waals surface area contributed by atoms with Crippen molar-refractivity contribution in [1.82, 2.24) is 15.1 Å². The van der Waals surface area contributed by atoms with Crippen LogP contribution in [0.4, 0.5) is 0 Å². The van der Waals surface area contributed by atoms with Crippen LogP contribution in [0.15, 0.2) is 4.99 Å². The molecule has 1 heterocycles. The summed E-state index contributed by atoms with van der Waals surface area (Å²) in [6.07, 6.45) is 5.31. The summed E-state index contributed by atoms with van der Waals surface area (Å²) in [6, 6.07) is 1.27. The number of amides is 1. The largest absolute Gasteiger partial charge is 0.370 e. The number of carbonyl (C=O) groups excluding carboxylic acids is 1. The van der Waals surface area contributed by atoms with Crippen molar-refractivity contribution in [3.8, 4) is 0 Å². The summed E-state index contributed by atoms with van der Waals surface area (Å²) in [6.45, 7) is 5.03. The maximum Gasteiger partial charge on any atom is 0.217 e. The summed E-state index contributed by atoms with van der Waals surface area (Å²) in [5.41, 5.74) is 5.33. The maximum atomic E-state index is 11.1. The van der Waals surface area contributed by atoms with Gasteiger partial charge in [0.15, 0.2) is 5.96 Å². The van der Waals surface area contributed by atoms with Crippen molar-refractivity contribution in [1.29, 1.82) is 0 Å². The zero-order valence-corrected chi connectivity index (χ0v) is 17.0. The lowest BCUT2D eigenvalue weighted by Crippen LogP contribution is -2.50. The van der Waals surface area contributed by atoms with Crippen LogP contribution in [0.3, 0.4) is 0 Å². The molecule has 2 fully saturated rings. The molecule has 2 rings (SSSR count). The lowest BCUT2D eigenvalue weighted by atomic mass is 9.95. The van der Waals surface area contributed by atoms with Crippen LogP contribution in [0.5, 0.6) is 0 Å². The molecule has 0 radical (unpaired) electrons. The summed E-state index contributed by atoms with van der Waals surface area (Å²) >= 11 is 0. The van der Waals surface area contributed by atoms with Crippen molar-refractivity contribution in [3.05, 3.63) is 0 Å². The second-order valence-corrected chi connectivity index (χ2v) is 6.80. The molecule has 0 aromatic rings. The summed E-state index contributed by atoms with van der Waals surface area (Å²) in [5, 5.41) is 3.49. The number of hydrogen-bond donors (Lipinski definition) is 2. The first-order valence-electron chi connectivity index (χ1n) is 8.47. The average Bonchev–Trinajstić information content (AvgIpc) is 3.31. The molecule has 1 aliphatic heterocycles. The van der Waals surface area contributed by atoms with E-state index in [1.165, 1.54) is 12.8 Å². The molecule has 1 amide bonds. The van der Waals surface area contributed by atoms with Crippen LogP contribution in [0, 0.1) is 5.92 Å². The van der Waals surface area contributed by atoms with Crippen molar-refractivity contribution < 1.29 is 4.79 Å². The van der Waals surface area contributed by atoms with Crippen LogP contribution in [0.25, 0.3) is 0 Å². The fourth-order valence-corrected chi connectivity index (χ4v) is 3.27. The lowest BCUT2D eigenvalue weighted by molar-refractivity contribution is -0.119. The third-order valence-corrected chi connectivity index (χ3v) is 4.89. The van der Waals surface area contributed by atoms with E-state index in [0.29, 0.717) is 18.4 Å². The maximum absolute atomic E-state index is 11.1. The molecule has 1 aliphatic carbocycles. The van der Waals surface area contributed by atoms with E-state index in [2.05, 4.69) is 34.1 Å². The minimum atomic E-state index is -0.200. The second kappa shape index (κ2) is 9.66. The van der Waals surface area contributed by atoms with Gasteiger partial charge in [0, 0.05) is 45.2 Å². The topological polar surface area (TPSA) is 74.0 Å². The summed E-state index contributed by atoms with van der Waals surface area (Å²) in [4.78, 5) is 20.3. The number of carbonyl (C=O) groups is 1. The minimum absolute atomic E-state index is 0. The van der Waals surface area contributed by atoms with Gasteiger partial charge in [-0.15, -0.1) is 24.0 Å². The smallest absolute Gasteiger partial charge is 0.217 e. The predicted molar refractivity (Wildman–Crippen MR) is 105 cm³/mol. The Morgan fingerprint density at radius 3 is 2.70 bits per heavy atom. The van der Waals surface area contributed by atoms with E-state index in [1.807, 2.05) is 7.05 Å². The SMILES string of the molecule is CN=C(NCC(C)N(C)C1CC1)N1CCCC(CC(N)=O)C1.I. The number of hydrogen-bond acceptors (Lipinski definition) is 3. The van der Waals surface area contributed by atoms with Gasteiger partial charge in [-0.1, -0.05) is 0 Å². The zero-order chi connectivity index (χ0) is 16.1. The Kier molecular flexibility index (Phi) is 8.60. The first kappa shape index (κ1) is 20.5. The van der Waals surface area contributed by atoms with Gasteiger partial charge in [0.1, 0.15) is 0 Å². The Labute approximate surface area is 157 Å². The van der Waals surface area contributed by atoms with Crippen LogP contribution < -0.4 is 11.1 Å². The Morgan fingerprint density at radius 1 is 1.43 bits per heavy atom. The Bertz CT molecular complexity index is 413. The minimum Gasteiger partial charge on any atom is -0.370 e. The van der Waals surface area contributed by atoms with E-state index in [4.69, 9.17) is 5.73 Å². The Hall–Kier alpha value is -0.570. The standard InChI is InChI=1S/C16H31N5O.HI/c1-12(20(3)14-6-7-14)10-19-16(18-2)21-8-4-5-13(11-21)9-15(17)22;/h12-14H,4-11H2,1-3H3,(H2,17,22)(H,18,19);1H. The normalized spacial score (nSPS) is 23.4. The lowest BCUT2D eigenvalue weighted by Gasteiger charge is -2.35. The third kappa shape index (κ3) is 6.45. The Morgan fingerprint density at radius 2 is 2.13 bits per heavy atom. The van der Waals surface area contributed by atoms with Crippen molar-refractivity contribution in [3.63, 3.8) is 0 Å². The number of nitrogens with zero attached hydrogens (tertiary/aromatic N) is 3. The molecule has 0 aromatic carbocycles. The highest BCUT2D eigenvalue weighted by Gasteiger charge is 2.29. The summed E-state index contributed by atoms with van der Waals surface area (Å²) in [5.74, 6) is 1.11. The number of likely N-dealkylation sites (N-methyl/N-ethyl adjacent to an activating group) is 1. The van der Waals surface area contributed by atoms with Gasteiger partial charge in [-0.2, -0.15) is 0 Å². The van der Waals surface area contributed by atoms with Gasteiger partial charge < -0.3 is 16.0 Å². The van der Waals surface area contributed by atoms with E-state index >= 15 is 0 Å². The molecule has 0 spiro atoms. The fraction of sp³-hybridized carbons (Fsp3) is 0.875. The highest BCUT2D eigenvalue weighted by Crippen LogP contribution is 2.26. The molecule has 23 heavy (non-hydrogen) atoms. The van der Waals surface area contributed by atoms with Gasteiger partial charge in [0.05, 0.1) is 0 Å². The van der Waals surface area contributed by atoms with Crippen molar-refractivity contribution in [2.75, 3.05) is 33.7 Å². The molecule has 7 heteroatoms. The molecule has 3 N–H and O–H groups in total. The number of halogens is 1. The molecular formula is C16H32IN5O. The average molecular weight is 437 g/mol. The van der Waals surface area contributed by atoms with E-state index < -0.39 is 0 Å². The van der Waals surface area contributed by atoms with Gasteiger partial charge in [-0.25, -0.2) is 0 Å². The molecule has 0 bridgehead atoms. The molecule has 0 aromatic heterocycles. The van der Waals surface area contributed by atoms with Crippen LogP contribution in [0.2, 0.25) is 0 Å². The van der Waals surface area contributed by atoms with Crippen LogP contribution in [-0.4, -0.2) is 67.5 Å². The predicted octanol–water partition coefficient (Wildman–Crippen LogP) is 1.25. The van der Waals surface area contributed by atoms with Crippen LogP contribution in [-0.2, 0) is 4.79 Å². The number of rotatable bonds is 6. The zero-order valence-electron chi connectivity index (χ0n) is 14.6. The fourth-order valence-electron chi connectivity index (χ4n) is 3.27. The molecule has 6 nitrogen and oxygen atoms in total. The monoisotopic (exact) mass is 437 g/mol. The van der Waals surface area contributed by atoms with E-state index in [0.717, 1.165) is 44.5 Å². The third-order valence-electron chi connectivity index (χ3n) is 4.89. The molecular weight excluding hydrogens is 405 g/mol. The van der Waals surface area contributed by atoms with E-state index in [9.17, 15) is 4.79 Å². The van der Waals surface area contributed by atoms with Gasteiger partial charge in [0.2, 0.25) is 5.91 Å². The molecule has 2 unspecified atom stereocenters. The number of primary amides is 1. The number of nitrogens with one attached hydrogen (secondary N) is 1. The van der Waals surface area contributed by atoms with Gasteiger partial charge >= 0.3 is 0 Å². The van der Waals surface area contributed by atoms with Crippen LogP contribution >= 0.6 is 24.0 Å². The van der Waals surface area contributed by atoms with Crippen molar-refractivity contribution in [2.45, 2.75) is 51.1 Å². The molecule has 2 atom stereocenters. The highest BCUT2D eigenvalue weighted by atomic mass is 127. The van der Waals surface area contributed by atoms with Gasteiger partial charge in [-0.3, -0.25) is 14.7 Å². The number of piperidine rings is 1. The van der Waals surface area contributed by atoms with E-state index in [-0.39, 0.29) is 29.9 Å². The molecule has 2 aliphatic rings. The number of nitrogens with two attached hydrogens (primary N) is 1. The highest BCUT2D eigenvalue weighted by molar-refractivity contribution is 14.0. The van der Waals surface area contributed by atoms with E-state index in [1.54, 1.807) is 0 Å². The molecule has 1 saturated heterocycles. The molecule has 134 valence electrons. The number of guanidine groups is 1. The first-order chi connectivity index (χ1) is 10.5. The quantitative estimate of drug-likeness (QED) is 0.373. The second-order valence-electron chi connectivity index (χ2n) is 6.80. The number of likely N-dealkylation sites (tertiary alicyclic amines) is 1. The first-order valence-corrected chi connectivity index (χ1v) is 8.47. The molecule has 1 saturated carbocycles. The van der Waals surface area contributed by atoms with Crippen molar-refractivity contribution >= 4 is 35.8 Å². The van der Waals surface area contributed by atoms with Gasteiger partial charge in [0.25, 0.3) is 0 Å². The van der Waals surface area contributed by atoms with Crippen LogP contribution in [0.1, 0.15) is 39.0 Å². The van der Waals surface area contributed by atoms with Crippen molar-refractivity contribution in [2.24, 2.45) is 16.6 Å². The summed E-state index contributed by atoms with van der Waals surface area (Å²) < 4.78 is 0. The summed E-state index contributed by atoms with van der Waals surface area (Å²) in [7, 11) is 4.03. The van der Waals surface area contributed by atoms with Gasteiger partial charge in [-0.05, 0) is 45.6 Å². The number of aliphatic imine (C=N–C) groups is 1.